The highest BCUT2D eigenvalue weighted by Crippen LogP contribution is 2.34. The summed E-state index contributed by atoms with van der Waals surface area (Å²) in [6.45, 7) is 1.74. The number of anilines is 1. The summed E-state index contributed by atoms with van der Waals surface area (Å²) in [5, 5.41) is 4.42. The summed E-state index contributed by atoms with van der Waals surface area (Å²) in [6.07, 6.45) is 4.95. The lowest BCUT2D eigenvalue weighted by molar-refractivity contribution is 0.103. The van der Waals surface area contributed by atoms with E-state index in [1.807, 2.05) is 24.3 Å². The van der Waals surface area contributed by atoms with E-state index in [1.54, 1.807) is 36.7 Å². The van der Waals surface area contributed by atoms with Crippen LogP contribution in [0.3, 0.4) is 0 Å². The molecule has 0 amide bonds. The maximum atomic E-state index is 14.0. The second kappa shape index (κ2) is 7.40. The smallest absolute Gasteiger partial charge is 0.240 e. The molecule has 1 fully saturated rings. The van der Waals surface area contributed by atoms with Gasteiger partial charge in [-0.2, -0.15) is 0 Å². The van der Waals surface area contributed by atoms with Crippen LogP contribution in [0.4, 0.5) is 9.52 Å². The maximum absolute atomic E-state index is 14.0. The van der Waals surface area contributed by atoms with Crippen LogP contribution in [0.15, 0.2) is 54.9 Å². The van der Waals surface area contributed by atoms with Crippen molar-refractivity contribution in [3.8, 4) is 17.1 Å². The van der Waals surface area contributed by atoms with Crippen molar-refractivity contribution in [1.82, 2.24) is 15.0 Å². The predicted octanol–water partition coefficient (Wildman–Crippen LogP) is 5.22. The van der Waals surface area contributed by atoms with Crippen molar-refractivity contribution in [2.24, 2.45) is 0 Å². The number of hydrogen-bond donors (Lipinski definition) is 1. The van der Waals surface area contributed by atoms with E-state index in [-0.39, 0.29) is 11.9 Å². The van der Waals surface area contributed by atoms with Crippen LogP contribution in [-0.4, -0.2) is 27.1 Å². The fourth-order valence-electron chi connectivity index (χ4n) is 3.40. The lowest BCUT2D eigenvalue weighted by Crippen LogP contribution is -2.42. The molecule has 29 heavy (non-hydrogen) atoms. The molecular weight excluding hydrogens is 387 g/mol. The van der Waals surface area contributed by atoms with Gasteiger partial charge in [0.2, 0.25) is 5.88 Å². The van der Waals surface area contributed by atoms with Crippen LogP contribution in [0, 0.1) is 12.7 Å². The van der Waals surface area contributed by atoms with E-state index in [4.69, 9.17) is 4.74 Å². The number of para-hydroxylation sites is 1. The average Bonchev–Trinajstić information content (AvgIpc) is 3.11. The monoisotopic (exact) mass is 406 g/mol. The number of rotatable bonds is 5. The first-order valence-corrected chi connectivity index (χ1v) is 10.3. The van der Waals surface area contributed by atoms with E-state index in [0.29, 0.717) is 28.7 Å². The second-order valence-electron chi connectivity index (χ2n) is 7.21. The van der Waals surface area contributed by atoms with Crippen molar-refractivity contribution >= 4 is 26.7 Å². The zero-order chi connectivity index (χ0) is 19.8. The molecule has 2 aromatic carbocycles. The highest BCUT2D eigenvalue weighted by molar-refractivity contribution is 7.22. The van der Waals surface area contributed by atoms with Gasteiger partial charge in [-0.3, -0.25) is 0 Å². The highest BCUT2D eigenvalue weighted by atomic mass is 32.1. The average molecular weight is 406 g/mol. The summed E-state index contributed by atoms with van der Waals surface area (Å²) in [7, 11) is 0. The third-order valence-corrected chi connectivity index (χ3v) is 6.07. The molecule has 1 aliphatic rings. The normalized spacial score (nSPS) is 18.4. The van der Waals surface area contributed by atoms with E-state index in [9.17, 15) is 4.39 Å². The molecule has 0 spiro atoms. The number of hydrogen-bond acceptors (Lipinski definition) is 6. The Bertz CT molecular complexity index is 1140. The Morgan fingerprint density at radius 3 is 2.76 bits per heavy atom. The Hall–Kier alpha value is -3.06. The van der Waals surface area contributed by atoms with Crippen LogP contribution in [0.5, 0.6) is 5.88 Å². The third-order valence-electron chi connectivity index (χ3n) is 5.10. The van der Waals surface area contributed by atoms with Gasteiger partial charge in [-0.1, -0.05) is 35.6 Å². The standard InChI is InChI=1S/C22H19FN4OS/c1-13-6-7-14(10-17(13)23)20-21(25-9-8-24-20)28-16-11-15(12-16)26-22-27-18-4-2-3-5-19(18)29-22/h2-10,15-16H,11-12H2,1H3,(H,26,27). The van der Waals surface area contributed by atoms with Crippen molar-refractivity contribution < 1.29 is 9.13 Å². The molecule has 1 aliphatic carbocycles. The van der Waals surface area contributed by atoms with Gasteiger partial charge in [-0.15, -0.1) is 0 Å². The van der Waals surface area contributed by atoms with E-state index in [1.165, 1.54) is 10.8 Å². The SMILES string of the molecule is Cc1ccc(-c2nccnc2OC2CC(Nc3nc4ccccc4s3)C2)cc1F. The third kappa shape index (κ3) is 3.65. The van der Waals surface area contributed by atoms with E-state index in [2.05, 4.69) is 26.3 Å². The van der Waals surface area contributed by atoms with Crippen LogP contribution in [0.2, 0.25) is 0 Å². The first kappa shape index (κ1) is 18.0. The number of ether oxygens (including phenoxy) is 1. The molecule has 146 valence electrons. The Morgan fingerprint density at radius 2 is 1.93 bits per heavy atom. The molecule has 4 aromatic rings. The molecule has 5 nitrogen and oxygen atoms in total. The van der Waals surface area contributed by atoms with Gasteiger partial charge in [0.1, 0.15) is 17.6 Å². The molecule has 0 saturated heterocycles. The Kier molecular flexibility index (Phi) is 4.60. The second-order valence-corrected chi connectivity index (χ2v) is 8.24. The summed E-state index contributed by atoms with van der Waals surface area (Å²) >= 11 is 1.66. The van der Waals surface area contributed by atoms with Crippen molar-refractivity contribution in [2.45, 2.75) is 31.9 Å². The molecule has 0 bridgehead atoms. The van der Waals surface area contributed by atoms with Gasteiger partial charge >= 0.3 is 0 Å². The minimum atomic E-state index is -0.261. The largest absolute Gasteiger partial charge is 0.473 e. The van der Waals surface area contributed by atoms with Gasteiger partial charge in [-0.05, 0) is 30.7 Å². The maximum Gasteiger partial charge on any atom is 0.240 e. The minimum Gasteiger partial charge on any atom is -0.473 e. The molecule has 7 heteroatoms. The molecule has 0 radical (unpaired) electrons. The molecule has 1 saturated carbocycles. The van der Waals surface area contributed by atoms with E-state index < -0.39 is 0 Å². The summed E-state index contributed by atoms with van der Waals surface area (Å²) in [5.74, 6) is 0.182. The molecule has 2 heterocycles. The molecular formula is C22H19FN4OS. The van der Waals surface area contributed by atoms with E-state index >= 15 is 0 Å². The van der Waals surface area contributed by atoms with Gasteiger partial charge in [-0.25, -0.2) is 19.3 Å². The van der Waals surface area contributed by atoms with Crippen molar-refractivity contribution in [1.29, 1.82) is 0 Å². The number of thiazole rings is 1. The highest BCUT2D eigenvalue weighted by Gasteiger charge is 2.32. The van der Waals surface area contributed by atoms with Gasteiger partial charge < -0.3 is 10.1 Å². The Balaban J connectivity index is 1.25. The van der Waals surface area contributed by atoms with Gasteiger partial charge in [0.05, 0.1) is 10.2 Å². The van der Waals surface area contributed by atoms with Crippen LogP contribution in [0.1, 0.15) is 18.4 Å². The number of nitrogens with zero attached hydrogens (tertiary/aromatic N) is 3. The van der Waals surface area contributed by atoms with Gasteiger partial charge in [0, 0.05) is 36.8 Å². The lowest BCUT2D eigenvalue weighted by atomic mass is 9.89. The Morgan fingerprint density at radius 1 is 1.10 bits per heavy atom. The van der Waals surface area contributed by atoms with Crippen molar-refractivity contribution in [2.75, 3.05) is 5.32 Å². The molecule has 0 unspecified atom stereocenters. The first-order valence-electron chi connectivity index (χ1n) is 9.52. The van der Waals surface area contributed by atoms with Crippen LogP contribution in [-0.2, 0) is 0 Å². The van der Waals surface area contributed by atoms with Crippen LogP contribution < -0.4 is 10.1 Å². The molecule has 0 atom stereocenters. The molecule has 1 N–H and O–H groups in total. The lowest BCUT2D eigenvalue weighted by Gasteiger charge is -2.35. The predicted molar refractivity (Wildman–Crippen MR) is 113 cm³/mol. The number of aromatic nitrogens is 3. The first-order chi connectivity index (χ1) is 14.2. The summed E-state index contributed by atoms with van der Waals surface area (Å²) in [5.41, 5.74) is 2.85. The fraction of sp³-hybridized carbons (Fsp3) is 0.227. The number of aryl methyl sites for hydroxylation is 1. The van der Waals surface area contributed by atoms with Crippen LogP contribution >= 0.6 is 11.3 Å². The minimum absolute atomic E-state index is 0.0487. The summed E-state index contributed by atoms with van der Waals surface area (Å²) < 4.78 is 21.2. The topological polar surface area (TPSA) is 59.9 Å². The number of nitrogens with one attached hydrogen (secondary N) is 1. The zero-order valence-electron chi connectivity index (χ0n) is 15.8. The number of benzene rings is 2. The van der Waals surface area contributed by atoms with Crippen molar-refractivity contribution in [3.63, 3.8) is 0 Å². The number of halogens is 1. The van der Waals surface area contributed by atoms with Crippen molar-refractivity contribution in [3.05, 3.63) is 66.2 Å². The van der Waals surface area contributed by atoms with Gasteiger partial charge in [0.15, 0.2) is 5.13 Å². The summed E-state index contributed by atoms with van der Waals surface area (Å²) in [6, 6.07) is 13.5. The van der Waals surface area contributed by atoms with E-state index in [0.717, 1.165) is 23.5 Å². The molecule has 0 aliphatic heterocycles. The fourth-order valence-corrected chi connectivity index (χ4v) is 4.34. The quantitative estimate of drug-likeness (QED) is 0.492. The van der Waals surface area contributed by atoms with Crippen LogP contribution in [0.25, 0.3) is 21.5 Å². The Labute approximate surface area is 171 Å². The molecule has 2 aromatic heterocycles. The summed E-state index contributed by atoms with van der Waals surface area (Å²) in [4.78, 5) is 13.3. The van der Waals surface area contributed by atoms with Gasteiger partial charge in [0.25, 0.3) is 0 Å². The number of fused-ring (bicyclic) bond motifs is 1. The molecule has 5 rings (SSSR count). The zero-order valence-corrected chi connectivity index (χ0v) is 16.6.